The Bertz CT molecular complexity index is 277. The summed E-state index contributed by atoms with van der Waals surface area (Å²) in [6, 6.07) is 5.44. The maximum atomic E-state index is 11.2. The molecule has 0 aliphatic heterocycles. The number of hydrogen-bond donors (Lipinski definition) is 0. The van der Waals surface area contributed by atoms with Crippen LogP contribution in [0.3, 0.4) is 0 Å². The lowest BCUT2D eigenvalue weighted by Crippen LogP contribution is -1.99. The third kappa shape index (κ3) is 4.28. The second kappa shape index (κ2) is 6.43. The zero-order chi connectivity index (χ0) is 10.2. The summed E-state index contributed by atoms with van der Waals surface area (Å²) in [5, 5.41) is 0.395. The molecule has 76 valence electrons. The van der Waals surface area contributed by atoms with E-state index < -0.39 is 0 Å². The number of pyridine rings is 1. The quantitative estimate of drug-likeness (QED) is 0.436. The highest BCUT2D eigenvalue weighted by Gasteiger charge is 2.05. The van der Waals surface area contributed by atoms with Crippen LogP contribution in [0.5, 0.6) is 0 Å². The van der Waals surface area contributed by atoms with Gasteiger partial charge in [-0.15, -0.1) is 0 Å². The maximum absolute atomic E-state index is 11.2. The van der Waals surface area contributed by atoms with Gasteiger partial charge in [0.05, 0.1) is 6.61 Å². The van der Waals surface area contributed by atoms with Gasteiger partial charge in [0.25, 0.3) is 0 Å². The molecule has 4 heteroatoms. The minimum atomic E-state index is -0.280. The number of carbonyl (C=O) groups excluding carboxylic acids is 1. The molecule has 0 N–H and O–H groups in total. The summed E-state index contributed by atoms with van der Waals surface area (Å²) in [6.07, 6.45) is 3.59. The Balaban J connectivity index is 2.27. The molecule has 0 radical (unpaired) electrons. The van der Waals surface area contributed by atoms with E-state index in [0.717, 1.165) is 24.6 Å². The number of ether oxygens (including phenoxy) is 1. The van der Waals surface area contributed by atoms with Crippen molar-refractivity contribution >= 4 is 17.1 Å². The molecule has 0 atom stereocenters. The zero-order valence-corrected chi connectivity index (χ0v) is 8.92. The number of hydrogen-bond acceptors (Lipinski definition) is 4. The molecule has 0 bridgehead atoms. The molecule has 0 aliphatic rings. The van der Waals surface area contributed by atoms with Crippen LogP contribution in [0.25, 0.3) is 0 Å². The Morgan fingerprint density at radius 3 is 3.07 bits per heavy atom. The van der Waals surface area contributed by atoms with Gasteiger partial charge in [0.1, 0.15) is 5.03 Å². The molecular weight excluding hydrogens is 198 g/mol. The number of thioether (sulfide) groups is 1. The molecule has 0 unspecified atom stereocenters. The smallest absolute Gasteiger partial charge is 0.373 e. The Morgan fingerprint density at radius 1 is 1.57 bits per heavy atom. The predicted molar refractivity (Wildman–Crippen MR) is 56.4 cm³/mol. The van der Waals surface area contributed by atoms with Crippen LogP contribution in [0.2, 0.25) is 0 Å². The first-order valence-electron chi connectivity index (χ1n) is 4.58. The number of nitrogens with zero attached hydrogens (tertiary/aromatic N) is 1. The summed E-state index contributed by atoms with van der Waals surface area (Å²) >= 11 is 1.02. The van der Waals surface area contributed by atoms with E-state index in [2.05, 4.69) is 11.9 Å². The van der Waals surface area contributed by atoms with E-state index >= 15 is 0 Å². The van der Waals surface area contributed by atoms with Crippen molar-refractivity contribution in [3.05, 3.63) is 24.4 Å². The molecule has 0 aromatic carbocycles. The topological polar surface area (TPSA) is 39.2 Å². The van der Waals surface area contributed by atoms with Crippen molar-refractivity contribution in [2.45, 2.75) is 24.8 Å². The minimum absolute atomic E-state index is 0.280. The molecule has 1 aromatic rings. The highest BCUT2D eigenvalue weighted by atomic mass is 32.2. The van der Waals surface area contributed by atoms with E-state index in [1.807, 2.05) is 12.1 Å². The molecule has 0 amide bonds. The molecule has 1 rings (SSSR count). The first kappa shape index (κ1) is 11.0. The van der Waals surface area contributed by atoms with Crippen molar-refractivity contribution in [2.75, 3.05) is 6.61 Å². The number of carbonyl (C=O) groups is 1. The van der Waals surface area contributed by atoms with Gasteiger partial charge >= 0.3 is 5.30 Å². The Morgan fingerprint density at radius 2 is 2.43 bits per heavy atom. The van der Waals surface area contributed by atoms with Crippen molar-refractivity contribution in [2.24, 2.45) is 0 Å². The summed E-state index contributed by atoms with van der Waals surface area (Å²) in [7, 11) is 0. The molecule has 1 heterocycles. The minimum Gasteiger partial charge on any atom is -0.457 e. The lowest BCUT2D eigenvalue weighted by molar-refractivity contribution is 0.173. The van der Waals surface area contributed by atoms with Crippen LogP contribution in [0.4, 0.5) is 4.79 Å². The van der Waals surface area contributed by atoms with Crippen LogP contribution < -0.4 is 0 Å². The summed E-state index contributed by atoms with van der Waals surface area (Å²) in [5.74, 6) is 0. The molecule has 0 saturated carbocycles. The van der Waals surface area contributed by atoms with E-state index in [4.69, 9.17) is 4.74 Å². The van der Waals surface area contributed by atoms with Crippen LogP contribution >= 0.6 is 11.8 Å². The molecule has 3 nitrogen and oxygen atoms in total. The first-order valence-corrected chi connectivity index (χ1v) is 5.40. The zero-order valence-electron chi connectivity index (χ0n) is 8.10. The number of aromatic nitrogens is 1. The van der Waals surface area contributed by atoms with Crippen molar-refractivity contribution in [1.29, 1.82) is 0 Å². The molecule has 0 spiro atoms. The number of unbranched alkanes of at least 4 members (excludes halogenated alkanes) is 1. The monoisotopic (exact) mass is 211 g/mol. The summed E-state index contributed by atoms with van der Waals surface area (Å²) < 4.78 is 4.97. The van der Waals surface area contributed by atoms with Crippen LogP contribution in [-0.2, 0) is 4.74 Å². The highest BCUT2D eigenvalue weighted by Crippen LogP contribution is 2.16. The third-order valence-electron chi connectivity index (χ3n) is 1.54. The fourth-order valence-electron chi connectivity index (χ4n) is 0.822. The second-order valence-electron chi connectivity index (χ2n) is 2.72. The average molecular weight is 211 g/mol. The third-order valence-corrected chi connectivity index (χ3v) is 2.28. The highest BCUT2D eigenvalue weighted by molar-refractivity contribution is 8.13. The van der Waals surface area contributed by atoms with Gasteiger partial charge < -0.3 is 4.74 Å². The molecule has 0 saturated heterocycles. The van der Waals surface area contributed by atoms with E-state index in [-0.39, 0.29) is 5.30 Å². The Labute approximate surface area is 87.9 Å². The second-order valence-corrected chi connectivity index (χ2v) is 3.68. The summed E-state index contributed by atoms with van der Waals surface area (Å²) in [5.41, 5.74) is 0. The van der Waals surface area contributed by atoms with Gasteiger partial charge in [-0.05, 0) is 18.6 Å². The van der Waals surface area contributed by atoms with Gasteiger partial charge in [-0.3, -0.25) is 0 Å². The van der Waals surface area contributed by atoms with E-state index in [9.17, 15) is 4.79 Å². The van der Waals surface area contributed by atoms with Crippen LogP contribution in [0.1, 0.15) is 19.8 Å². The first-order chi connectivity index (χ1) is 6.83. The van der Waals surface area contributed by atoms with Gasteiger partial charge in [-0.25, -0.2) is 9.78 Å². The van der Waals surface area contributed by atoms with Gasteiger partial charge in [-0.1, -0.05) is 19.4 Å². The summed E-state index contributed by atoms with van der Waals surface area (Å²) in [6.45, 7) is 2.55. The van der Waals surface area contributed by atoms with Crippen LogP contribution in [0.15, 0.2) is 29.4 Å². The Hall–Kier alpha value is -1.03. The molecule has 0 aliphatic carbocycles. The molecular formula is C10H13NO2S. The molecule has 0 fully saturated rings. The van der Waals surface area contributed by atoms with Crippen molar-refractivity contribution < 1.29 is 9.53 Å². The fraction of sp³-hybridized carbons (Fsp3) is 0.400. The lowest BCUT2D eigenvalue weighted by Gasteiger charge is -2.01. The van der Waals surface area contributed by atoms with E-state index in [0.29, 0.717) is 11.6 Å². The van der Waals surface area contributed by atoms with Crippen molar-refractivity contribution in [3.63, 3.8) is 0 Å². The van der Waals surface area contributed by atoms with Gasteiger partial charge in [0.2, 0.25) is 0 Å². The SMILES string of the molecule is CCCCOC(=O)Sc1ccccn1. The van der Waals surface area contributed by atoms with Crippen molar-refractivity contribution in [1.82, 2.24) is 4.98 Å². The van der Waals surface area contributed by atoms with Gasteiger partial charge in [0.15, 0.2) is 0 Å². The standard InChI is InChI=1S/C10H13NO2S/c1-2-3-8-13-10(12)14-9-6-4-5-7-11-9/h4-7H,2-3,8H2,1H3. The number of rotatable bonds is 4. The Kier molecular flexibility index (Phi) is 5.07. The van der Waals surface area contributed by atoms with Gasteiger partial charge in [0, 0.05) is 18.0 Å². The van der Waals surface area contributed by atoms with Crippen LogP contribution in [0, 0.1) is 0 Å². The maximum Gasteiger partial charge on any atom is 0.373 e. The van der Waals surface area contributed by atoms with Crippen molar-refractivity contribution in [3.8, 4) is 0 Å². The summed E-state index contributed by atoms with van der Waals surface area (Å²) in [4.78, 5) is 15.2. The molecule has 14 heavy (non-hydrogen) atoms. The lowest BCUT2D eigenvalue weighted by atomic mass is 10.4. The largest absolute Gasteiger partial charge is 0.457 e. The average Bonchev–Trinajstić information content (AvgIpc) is 2.20. The van der Waals surface area contributed by atoms with E-state index in [1.165, 1.54) is 0 Å². The van der Waals surface area contributed by atoms with E-state index in [1.54, 1.807) is 12.3 Å². The van der Waals surface area contributed by atoms with Crippen LogP contribution in [-0.4, -0.2) is 16.9 Å². The fourth-order valence-corrected chi connectivity index (χ4v) is 1.40. The van der Waals surface area contributed by atoms with Gasteiger partial charge in [-0.2, -0.15) is 0 Å². The normalized spacial score (nSPS) is 9.79. The molecule has 1 aromatic heterocycles. The predicted octanol–water partition coefficient (Wildman–Crippen LogP) is 3.11.